The average Bonchev–Trinajstić information content (AvgIpc) is 2.66. The highest BCUT2D eigenvalue weighted by Crippen LogP contribution is 2.37. The molecule has 0 aromatic rings. The predicted octanol–water partition coefficient (Wildman–Crippen LogP) is 5.03. The molecular formula is C16H28O. The van der Waals surface area contributed by atoms with E-state index < -0.39 is 0 Å². The van der Waals surface area contributed by atoms with Crippen molar-refractivity contribution in [2.24, 2.45) is 0 Å². The molecule has 0 aliphatic carbocycles. The van der Waals surface area contributed by atoms with Crippen LogP contribution in [0.25, 0.3) is 0 Å². The molecule has 1 heteroatoms. The van der Waals surface area contributed by atoms with Crippen LogP contribution in [0.1, 0.15) is 65.7 Å². The highest BCUT2D eigenvalue weighted by Gasteiger charge is 2.36. The first-order valence-corrected chi connectivity index (χ1v) is 7.10. The number of unbranched alkanes of at least 4 members (excludes halogenated alkanes) is 5. The zero-order valence-electron chi connectivity index (χ0n) is 11.8. The lowest BCUT2D eigenvalue weighted by Gasteiger charge is -2.31. The van der Waals surface area contributed by atoms with Gasteiger partial charge in [0, 0.05) is 0 Å². The maximum Gasteiger partial charge on any atom is 0.110 e. The van der Waals surface area contributed by atoms with Crippen LogP contribution in [0, 0.1) is 0 Å². The third kappa shape index (κ3) is 3.70. The molecule has 0 radical (unpaired) electrons. The van der Waals surface area contributed by atoms with Gasteiger partial charge in [-0.2, -0.15) is 0 Å². The summed E-state index contributed by atoms with van der Waals surface area (Å²) < 4.78 is 5.95. The lowest BCUT2D eigenvalue weighted by Crippen LogP contribution is -2.31. The van der Waals surface area contributed by atoms with E-state index in [0.29, 0.717) is 0 Å². The van der Waals surface area contributed by atoms with Crippen LogP contribution < -0.4 is 0 Å². The van der Waals surface area contributed by atoms with E-state index in [-0.39, 0.29) is 5.60 Å². The second-order valence-electron chi connectivity index (χ2n) is 5.32. The van der Waals surface area contributed by atoms with E-state index in [1.54, 1.807) is 0 Å². The molecule has 1 nitrogen and oxygen atoms in total. The minimum absolute atomic E-state index is 0.134. The zero-order valence-corrected chi connectivity index (χ0v) is 11.8. The van der Waals surface area contributed by atoms with Gasteiger partial charge in [-0.15, -0.1) is 0 Å². The Morgan fingerprint density at radius 2 is 1.94 bits per heavy atom. The van der Waals surface area contributed by atoms with Gasteiger partial charge in [-0.1, -0.05) is 51.7 Å². The normalized spacial score (nSPS) is 23.8. The topological polar surface area (TPSA) is 9.23 Å². The first kappa shape index (κ1) is 14.5. The Labute approximate surface area is 107 Å². The summed E-state index contributed by atoms with van der Waals surface area (Å²) in [6, 6.07) is 0. The van der Waals surface area contributed by atoms with Gasteiger partial charge in [-0.25, -0.2) is 0 Å². The highest BCUT2D eigenvalue weighted by molar-refractivity contribution is 5.32. The second kappa shape index (κ2) is 7.00. The van der Waals surface area contributed by atoms with E-state index in [9.17, 15) is 0 Å². The van der Waals surface area contributed by atoms with Crippen LogP contribution in [0.3, 0.4) is 0 Å². The van der Waals surface area contributed by atoms with Crippen molar-refractivity contribution in [1.82, 2.24) is 0 Å². The third-order valence-corrected chi connectivity index (χ3v) is 3.93. The average molecular weight is 236 g/mol. The summed E-state index contributed by atoms with van der Waals surface area (Å²) >= 11 is 0. The SMILES string of the molecule is C=C(C)C1(CCCCCCCC)OCC=C1C. The number of rotatable bonds is 8. The van der Waals surface area contributed by atoms with E-state index >= 15 is 0 Å². The Balaban J connectivity index is 2.32. The molecule has 1 heterocycles. The first-order valence-electron chi connectivity index (χ1n) is 7.10. The third-order valence-electron chi connectivity index (χ3n) is 3.93. The molecule has 17 heavy (non-hydrogen) atoms. The van der Waals surface area contributed by atoms with Gasteiger partial charge in [-0.3, -0.25) is 0 Å². The molecule has 0 aromatic carbocycles. The van der Waals surface area contributed by atoms with Gasteiger partial charge < -0.3 is 4.74 Å². The second-order valence-corrected chi connectivity index (χ2v) is 5.32. The Morgan fingerprint density at radius 1 is 1.29 bits per heavy atom. The van der Waals surface area contributed by atoms with Crippen LogP contribution in [0.5, 0.6) is 0 Å². The minimum Gasteiger partial charge on any atom is -0.362 e. The van der Waals surface area contributed by atoms with Crippen molar-refractivity contribution in [2.45, 2.75) is 71.3 Å². The fourth-order valence-corrected chi connectivity index (χ4v) is 2.68. The van der Waals surface area contributed by atoms with Gasteiger partial charge >= 0.3 is 0 Å². The number of hydrogen-bond donors (Lipinski definition) is 0. The molecule has 0 spiro atoms. The molecule has 0 amide bonds. The summed E-state index contributed by atoms with van der Waals surface area (Å²) in [6.07, 6.45) is 11.3. The fourth-order valence-electron chi connectivity index (χ4n) is 2.68. The van der Waals surface area contributed by atoms with Crippen molar-refractivity contribution < 1.29 is 4.74 Å². The van der Waals surface area contributed by atoms with Gasteiger partial charge in [0.15, 0.2) is 0 Å². The molecule has 0 aromatic heterocycles. The van der Waals surface area contributed by atoms with Crippen molar-refractivity contribution >= 4 is 0 Å². The largest absolute Gasteiger partial charge is 0.362 e. The van der Waals surface area contributed by atoms with Gasteiger partial charge in [0.25, 0.3) is 0 Å². The lowest BCUT2D eigenvalue weighted by atomic mass is 9.84. The molecule has 1 aliphatic heterocycles. The molecule has 1 rings (SSSR count). The molecule has 0 N–H and O–H groups in total. The summed E-state index contributed by atoms with van der Waals surface area (Å²) in [4.78, 5) is 0. The first-order chi connectivity index (χ1) is 8.13. The Kier molecular flexibility index (Phi) is 5.97. The van der Waals surface area contributed by atoms with E-state index in [1.165, 1.54) is 44.1 Å². The zero-order chi connectivity index (χ0) is 12.7. The van der Waals surface area contributed by atoms with E-state index in [4.69, 9.17) is 4.74 Å². The summed E-state index contributed by atoms with van der Waals surface area (Å²) in [5.41, 5.74) is 2.39. The predicted molar refractivity (Wildman–Crippen MR) is 75.2 cm³/mol. The maximum absolute atomic E-state index is 5.95. The number of hydrogen-bond acceptors (Lipinski definition) is 1. The van der Waals surface area contributed by atoms with Crippen LogP contribution in [0.15, 0.2) is 23.8 Å². The van der Waals surface area contributed by atoms with E-state index in [2.05, 4.69) is 33.4 Å². The van der Waals surface area contributed by atoms with Crippen molar-refractivity contribution in [3.05, 3.63) is 23.8 Å². The maximum atomic E-state index is 5.95. The molecule has 1 atom stereocenters. The standard InChI is InChI=1S/C16H28O/c1-5-6-7-8-9-10-12-16(14(2)3)15(4)11-13-17-16/h11H,2,5-10,12-13H2,1,3-4H3. The molecule has 0 fully saturated rings. The monoisotopic (exact) mass is 236 g/mol. The van der Waals surface area contributed by atoms with E-state index in [1.807, 2.05) is 0 Å². The highest BCUT2D eigenvalue weighted by atomic mass is 16.5. The number of ether oxygens (including phenoxy) is 1. The molecule has 1 unspecified atom stereocenters. The van der Waals surface area contributed by atoms with Gasteiger partial charge in [0.1, 0.15) is 5.60 Å². The van der Waals surface area contributed by atoms with Crippen LogP contribution in [-0.2, 0) is 4.74 Å². The molecule has 0 bridgehead atoms. The van der Waals surface area contributed by atoms with E-state index in [0.717, 1.165) is 18.6 Å². The van der Waals surface area contributed by atoms with Crippen LogP contribution >= 0.6 is 0 Å². The van der Waals surface area contributed by atoms with Crippen LogP contribution in [-0.4, -0.2) is 12.2 Å². The van der Waals surface area contributed by atoms with Gasteiger partial charge in [0.2, 0.25) is 0 Å². The van der Waals surface area contributed by atoms with Gasteiger partial charge in [-0.05, 0) is 37.8 Å². The fraction of sp³-hybridized carbons (Fsp3) is 0.750. The Morgan fingerprint density at radius 3 is 2.47 bits per heavy atom. The lowest BCUT2D eigenvalue weighted by molar-refractivity contribution is 0.0399. The minimum atomic E-state index is -0.134. The summed E-state index contributed by atoms with van der Waals surface area (Å²) in [5, 5.41) is 0. The van der Waals surface area contributed by atoms with Gasteiger partial charge in [0.05, 0.1) is 6.61 Å². The van der Waals surface area contributed by atoms with Crippen molar-refractivity contribution in [1.29, 1.82) is 0 Å². The van der Waals surface area contributed by atoms with Crippen molar-refractivity contribution in [2.75, 3.05) is 6.61 Å². The smallest absolute Gasteiger partial charge is 0.110 e. The van der Waals surface area contributed by atoms with Crippen LogP contribution in [0.4, 0.5) is 0 Å². The molecule has 0 saturated carbocycles. The Hall–Kier alpha value is -0.560. The molecule has 1 aliphatic rings. The van der Waals surface area contributed by atoms with Crippen molar-refractivity contribution in [3.8, 4) is 0 Å². The van der Waals surface area contributed by atoms with Crippen molar-refractivity contribution in [3.63, 3.8) is 0 Å². The summed E-state index contributed by atoms with van der Waals surface area (Å²) in [7, 11) is 0. The summed E-state index contributed by atoms with van der Waals surface area (Å²) in [6.45, 7) is 11.4. The molecular weight excluding hydrogens is 208 g/mol. The summed E-state index contributed by atoms with van der Waals surface area (Å²) in [5.74, 6) is 0. The molecule has 98 valence electrons. The van der Waals surface area contributed by atoms with Crippen LogP contribution in [0.2, 0.25) is 0 Å². The molecule has 0 saturated heterocycles. The Bertz CT molecular complexity index is 277. The quantitative estimate of drug-likeness (QED) is 0.424.